The van der Waals surface area contributed by atoms with Crippen molar-refractivity contribution in [3.05, 3.63) is 22.4 Å². The fraction of sp³-hybridized carbons (Fsp3) is 0.556. The minimum absolute atomic E-state index is 0.208. The van der Waals surface area contributed by atoms with Crippen LogP contribution in [0, 0.1) is 0 Å². The van der Waals surface area contributed by atoms with E-state index < -0.39 is 12.7 Å². The zero-order valence-corrected chi connectivity index (χ0v) is 9.11. The van der Waals surface area contributed by atoms with Gasteiger partial charge in [0.05, 0.1) is 12.6 Å². The maximum atomic E-state index is 12.0. The minimum atomic E-state index is -4.16. The third-order valence-corrected chi connectivity index (χ3v) is 2.87. The molecule has 0 bridgehead atoms. The number of hydrogen-bond acceptors (Lipinski definition) is 3. The Bertz CT molecular complexity index is 284. The molecule has 2 N–H and O–H groups in total. The van der Waals surface area contributed by atoms with Crippen LogP contribution in [0.5, 0.6) is 0 Å². The van der Waals surface area contributed by atoms with Crippen molar-refractivity contribution in [3.63, 3.8) is 0 Å². The van der Waals surface area contributed by atoms with Gasteiger partial charge in [-0.25, -0.2) is 0 Å². The van der Waals surface area contributed by atoms with Crippen LogP contribution < -0.4 is 5.73 Å². The van der Waals surface area contributed by atoms with Crippen LogP contribution in [0.1, 0.15) is 10.9 Å². The average molecular weight is 238 g/mol. The maximum absolute atomic E-state index is 12.0. The number of rotatable bonds is 4. The van der Waals surface area contributed by atoms with Crippen LogP contribution in [-0.2, 0) is 0 Å². The zero-order chi connectivity index (χ0) is 11.5. The molecule has 0 radical (unpaired) electrons. The fourth-order valence-electron chi connectivity index (χ4n) is 1.30. The van der Waals surface area contributed by atoms with Crippen LogP contribution in [0.3, 0.4) is 0 Å². The Morgan fingerprint density at radius 3 is 2.67 bits per heavy atom. The average Bonchev–Trinajstić information content (AvgIpc) is 2.50. The van der Waals surface area contributed by atoms with Gasteiger partial charge >= 0.3 is 6.18 Å². The Kier molecular flexibility index (Phi) is 4.12. The monoisotopic (exact) mass is 238 g/mol. The molecular formula is C9H13F3N2S. The van der Waals surface area contributed by atoms with Crippen LogP contribution >= 0.6 is 11.3 Å². The molecule has 1 rings (SSSR count). The van der Waals surface area contributed by atoms with E-state index in [4.69, 9.17) is 5.73 Å². The summed E-state index contributed by atoms with van der Waals surface area (Å²) in [7, 11) is 1.42. The highest BCUT2D eigenvalue weighted by Crippen LogP contribution is 2.20. The Morgan fingerprint density at radius 1 is 1.53 bits per heavy atom. The van der Waals surface area contributed by atoms with Crippen LogP contribution in [-0.4, -0.2) is 31.2 Å². The normalized spacial score (nSPS) is 14.5. The van der Waals surface area contributed by atoms with E-state index in [9.17, 15) is 13.2 Å². The van der Waals surface area contributed by atoms with Crippen molar-refractivity contribution in [2.75, 3.05) is 20.1 Å². The number of nitrogens with two attached hydrogens (primary N) is 1. The molecule has 0 aliphatic rings. The largest absolute Gasteiger partial charge is 0.401 e. The van der Waals surface area contributed by atoms with Gasteiger partial charge in [0, 0.05) is 11.4 Å². The summed E-state index contributed by atoms with van der Waals surface area (Å²) in [5, 5.41) is 1.86. The van der Waals surface area contributed by atoms with E-state index in [2.05, 4.69) is 0 Å². The first kappa shape index (κ1) is 12.5. The van der Waals surface area contributed by atoms with Crippen LogP contribution in [0.4, 0.5) is 13.2 Å². The molecule has 1 atom stereocenters. The van der Waals surface area contributed by atoms with Gasteiger partial charge in [-0.2, -0.15) is 13.2 Å². The Hall–Kier alpha value is -0.590. The highest BCUT2D eigenvalue weighted by molar-refractivity contribution is 7.10. The minimum Gasteiger partial charge on any atom is -0.322 e. The van der Waals surface area contributed by atoms with E-state index in [0.29, 0.717) is 0 Å². The van der Waals surface area contributed by atoms with Gasteiger partial charge in [-0.3, -0.25) is 4.90 Å². The number of alkyl halides is 3. The topological polar surface area (TPSA) is 29.3 Å². The molecule has 2 nitrogen and oxygen atoms in total. The quantitative estimate of drug-likeness (QED) is 0.871. The summed E-state index contributed by atoms with van der Waals surface area (Å²) in [4.78, 5) is 2.09. The predicted molar refractivity (Wildman–Crippen MR) is 54.8 cm³/mol. The second-order valence-electron chi connectivity index (χ2n) is 3.43. The molecule has 0 saturated carbocycles. The predicted octanol–water partition coefficient (Wildman–Crippen LogP) is 2.24. The molecule has 1 aromatic rings. The van der Waals surface area contributed by atoms with Gasteiger partial charge in [0.15, 0.2) is 0 Å². The molecule has 0 aliphatic carbocycles. The van der Waals surface area contributed by atoms with Crippen molar-refractivity contribution in [1.82, 2.24) is 4.90 Å². The first-order valence-electron chi connectivity index (χ1n) is 4.43. The molecule has 0 amide bonds. The molecule has 0 aliphatic heterocycles. The van der Waals surface area contributed by atoms with Crippen molar-refractivity contribution in [1.29, 1.82) is 0 Å². The number of thiophene rings is 1. The van der Waals surface area contributed by atoms with Crippen LogP contribution in [0.2, 0.25) is 0 Å². The highest BCUT2D eigenvalue weighted by atomic mass is 32.1. The van der Waals surface area contributed by atoms with E-state index in [-0.39, 0.29) is 12.6 Å². The van der Waals surface area contributed by atoms with E-state index in [0.717, 1.165) is 4.88 Å². The van der Waals surface area contributed by atoms with E-state index in [1.54, 1.807) is 0 Å². The number of halogens is 3. The summed E-state index contributed by atoms with van der Waals surface area (Å²) in [6.45, 7) is -0.716. The molecule has 1 unspecified atom stereocenters. The lowest BCUT2D eigenvalue weighted by molar-refractivity contribution is -0.143. The number of likely N-dealkylation sites (N-methyl/N-ethyl adjacent to an activating group) is 1. The van der Waals surface area contributed by atoms with Crippen molar-refractivity contribution in [2.24, 2.45) is 5.73 Å². The van der Waals surface area contributed by atoms with Gasteiger partial charge in [0.1, 0.15) is 0 Å². The lowest BCUT2D eigenvalue weighted by Crippen LogP contribution is -2.35. The Labute approximate surface area is 90.5 Å². The fourth-order valence-corrected chi connectivity index (χ4v) is 2.02. The molecule has 0 saturated heterocycles. The first-order valence-corrected chi connectivity index (χ1v) is 5.31. The standard InChI is InChI=1S/C9H13F3N2S/c1-14(6-9(10,11)12)5-7(13)8-3-2-4-15-8/h2-4,7H,5-6,13H2,1H3. The molecule has 1 aromatic heterocycles. The molecule has 0 spiro atoms. The van der Waals surface area contributed by atoms with Gasteiger partial charge in [-0.1, -0.05) is 6.07 Å². The third kappa shape index (κ3) is 4.63. The summed E-state index contributed by atoms with van der Waals surface area (Å²) in [6, 6.07) is 3.32. The number of nitrogens with zero attached hydrogens (tertiary/aromatic N) is 1. The second-order valence-corrected chi connectivity index (χ2v) is 4.41. The van der Waals surface area contributed by atoms with E-state index in [1.165, 1.54) is 23.3 Å². The highest BCUT2D eigenvalue weighted by Gasteiger charge is 2.29. The molecule has 6 heteroatoms. The Balaban J connectivity index is 2.42. The third-order valence-electron chi connectivity index (χ3n) is 1.87. The lowest BCUT2D eigenvalue weighted by atomic mass is 10.2. The van der Waals surface area contributed by atoms with E-state index >= 15 is 0 Å². The molecule has 0 fully saturated rings. The van der Waals surface area contributed by atoms with Crippen LogP contribution in [0.25, 0.3) is 0 Å². The summed E-state index contributed by atoms with van der Waals surface area (Å²) in [5.41, 5.74) is 5.76. The van der Waals surface area contributed by atoms with Crippen molar-refractivity contribution in [2.45, 2.75) is 12.2 Å². The SMILES string of the molecule is CN(CC(N)c1cccs1)CC(F)(F)F. The van der Waals surface area contributed by atoms with Crippen molar-refractivity contribution >= 4 is 11.3 Å². The van der Waals surface area contributed by atoms with Gasteiger partial charge in [-0.05, 0) is 18.5 Å². The van der Waals surface area contributed by atoms with Gasteiger partial charge in [0.25, 0.3) is 0 Å². The second kappa shape index (κ2) is 4.96. The molecule has 86 valence electrons. The zero-order valence-electron chi connectivity index (χ0n) is 8.29. The smallest absolute Gasteiger partial charge is 0.322 e. The summed E-state index contributed by atoms with van der Waals surface area (Å²) >= 11 is 1.46. The molecule has 0 aromatic carbocycles. The molecule has 15 heavy (non-hydrogen) atoms. The first-order chi connectivity index (χ1) is 6.88. The van der Waals surface area contributed by atoms with Crippen molar-refractivity contribution in [3.8, 4) is 0 Å². The van der Waals surface area contributed by atoms with Gasteiger partial charge in [0.2, 0.25) is 0 Å². The Morgan fingerprint density at radius 2 is 2.20 bits per heavy atom. The summed E-state index contributed by atoms with van der Waals surface area (Å²) < 4.78 is 36.1. The van der Waals surface area contributed by atoms with Crippen molar-refractivity contribution < 1.29 is 13.2 Å². The maximum Gasteiger partial charge on any atom is 0.401 e. The van der Waals surface area contributed by atoms with Crippen LogP contribution in [0.15, 0.2) is 17.5 Å². The summed E-state index contributed by atoms with van der Waals surface area (Å²) in [6.07, 6.45) is -4.16. The van der Waals surface area contributed by atoms with E-state index in [1.807, 2.05) is 17.5 Å². The number of hydrogen-bond donors (Lipinski definition) is 1. The molecular weight excluding hydrogens is 225 g/mol. The van der Waals surface area contributed by atoms with Gasteiger partial charge < -0.3 is 5.73 Å². The summed E-state index contributed by atoms with van der Waals surface area (Å²) in [5.74, 6) is 0. The van der Waals surface area contributed by atoms with Gasteiger partial charge in [-0.15, -0.1) is 11.3 Å². The molecule has 1 heterocycles. The lowest BCUT2D eigenvalue weighted by Gasteiger charge is -2.21.